The Bertz CT molecular complexity index is 390. The molecule has 1 nitrogen and oxygen atoms in total. The van der Waals surface area contributed by atoms with Gasteiger partial charge < -0.3 is 5.32 Å². The van der Waals surface area contributed by atoms with Crippen molar-refractivity contribution >= 4 is 11.3 Å². The largest absolute Gasteiger partial charge is 0.312 e. The molecule has 0 aliphatic heterocycles. The van der Waals surface area contributed by atoms with Crippen LogP contribution in [0.3, 0.4) is 0 Å². The highest BCUT2D eigenvalue weighted by atomic mass is 32.1. The van der Waals surface area contributed by atoms with Crippen LogP contribution in [0, 0.1) is 31.6 Å². The molecule has 0 aromatic carbocycles. The zero-order valence-electron chi connectivity index (χ0n) is 11.1. The molecule has 3 rings (SSSR count). The minimum atomic E-state index is 0.614. The Morgan fingerprint density at radius 1 is 1.29 bits per heavy atom. The van der Waals surface area contributed by atoms with E-state index in [9.17, 15) is 0 Å². The van der Waals surface area contributed by atoms with E-state index in [1.807, 2.05) is 11.3 Å². The van der Waals surface area contributed by atoms with E-state index in [0.29, 0.717) is 6.04 Å². The molecule has 1 aromatic rings. The van der Waals surface area contributed by atoms with Crippen molar-refractivity contribution in [1.29, 1.82) is 0 Å². The van der Waals surface area contributed by atoms with E-state index in [2.05, 4.69) is 32.3 Å². The van der Waals surface area contributed by atoms with Crippen LogP contribution in [0.15, 0.2) is 6.07 Å². The summed E-state index contributed by atoms with van der Waals surface area (Å²) in [4.78, 5) is 3.06. The Balaban J connectivity index is 1.84. The predicted octanol–water partition coefficient (Wildman–Crippen LogP) is 4.06. The van der Waals surface area contributed by atoms with Crippen molar-refractivity contribution in [2.75, 3.05) is 7.05 Å². The van der Waals surface area contributed by atoms with E-state index >= 15 is 0 Å². The maximum absolute atomic E-state index is 3.60. The van der Waals surface area contributed by atoms with Crippen LogP contribution < -0.4 is 5.32 Å². The molecule has 1 N–H and O–H groups in total. The average molecular weight is 249 g/mol. The molecular weight excluding hydrogens is 226 g/mol. The Morgan fingerprint density at radius 3 is 2.59 bits per heavy atom. The van der Waals surface area contributed by atoms with Gasteiger partial charge in [-0.2, -0.15) is 0 Å². The van der Waals surface area contributed by atoms with Crippen molar-refractivity contribution in [3.8, 4) is 0 Å². The lowest BCUT2D eigenvalue weighted by molar-refractivity contribution is 0.262. The van der Waals surface area contributed by atoms with Gasteiger partial charge >= 0.3 is 0 Å². The van der Waals surface area contributed by atoms with E-state index in [0.717, 1.165) is 17.8 Å². The first-order valence-electron chi connectivity index (χ1n) is 6.93. The van der Waals surface area contributed by atoms with E-state index in [4.69, 9.17) is 0 Å². The fourth-order valence-electron chi connectivity index (χ4n) is 4.02. The SMILES string of the molecule is CNC(c1cc(C)c(C)s1)C1CC2CCC1C2. The third-order valence-corrected chi connectivity index (χ3v) is 6.26. The minimum absolute atomic E-state index is 0.614. The van der Waals surface area contributed by atoms with Crippen LogP contribution in [0.1, 0.15) is 47.0 Å². The first-order chi connectivity index (χ1) is 8.19. The smallest absolute Gasteiger partial charge is 0.0443 e. The summed E-state index contributed by atoms with van der Waals surface area (Å²) in [7, 11) is 2.14. The molecule has 17 heavy (non-hydrogen) atoms. The van der Waals surface area contributed by atoms with Gasteiger partial charge in [-0.05, 0) is 69.5 Å². The maximum atomic E-state index is 3.60. The Labute approximate surface area is 109 Å². The van der Waals surface area contributed by atoms with Crippen molar-refractivity contribution in [1.82, 2.24) is 5.32 Å². The molecule has 2 fully saturated rings. The highest BCUT2D eigenvalue weighted by molar-refractivity contribution is 7.12. The van der Waals surface area contributed by atoms with Crippen LogP contribution in [-0.4, -0.2) is 7.05 Å². The fraction of sp³-hybridized carbons (Fsp3) is 0.733. The quantitative estimate of drug-likeness (QED) is 0.852. The number of rotatable bonds is 3. The van der Waals surface area contributed by atoms with Gasteiger partial charge in [0.05, 0.1) is 0 Å². The Hall–Kier alpha value is -0.340. The standard InChI is InChI=1S/C15H23NS/c1-9-6-14(17-10(9)2)15(16-3)13-8-11-4-5-12(13)7-11/h6,11-13,15-16H,4-5,7-8H2,1-3H3. The zero-order valence-corrected chi connectivity index (χ0v) is 11.9. The topological polar surface area (TPSA) is 12.0 Å². The van der Waals surface area contributed by atoms with Crippen LogP contribution in [0.25, 0.3) is 0 Å². The number of hydrogen-bond donors (Lipinski definition) is 1. The predicted molar refractivity (Wildman–Crippen MR) is 74.5 cm³/mol. The van der Waals surface area contributed by atoms with Crippen molar-refractivity contribution in [3.05, 3.63) is 21.4 Å². The van der Waals surface area contributed by atoms with E-state index < -0.39 is 0 Å². The van der Waals surface area contributed by atoms with E-state index in [1.54, 1.807) is 4.88 Å². The molecule has 4 unspecified atom stereocenters. The van der Waals surface area contributed by atoms with Gasteiger partial charge in [0.25, 0.3) is 0 Å². The van der Waals surface area contributed by atoms with Crippen LogP contribution in [0.2, 0.25) is 0 Å². The summed E-state index contributed by atoms with van der Waals surface area (Å²) in [5.41, 5.74) is 1.47. The second-order valence-electron chi connectivity index (χ2n) is 5.99. The second kappa shape index (κ2) is 4.40. The minimum Gasteiger partial charge on any atom is -0.312 e. The van der Waals surface area contributed by atoms with Gasteiger partial charge in [-0.3, -0.25) is 0 Å². The van der Waals surface area contributed by atoms with Gasteiger partial charge in [0.1, 0.15) is 0 Å². The van der Waals surface area contributed by atoms with Gasteiger partial charge in [0, 0.05) is 15.8 Å². The first kappa shape index (κ1) is 11.7. The number of hydrogen-bond acceptors (Lipinski definition) is 2. The summed E-state index contributed by atoms with van der Waals surface area (Å²) in [6.45, 7) is 4.49. The molecule has 4 atom stereocenters. The Morgan fingerprint density at radius 2 is 2.12 bits per heavy atom. The third kappa shape index (κ3) is 1.96. The summed E-state index contributed by atoms with van der Waals surface area (Å²) in [5, 5.41) is 3.60. The van der Waals surface area contributed by atoms with E-state index in [1.165, 1.54) is 36.1 Å². The highest BCUT2D eigenvalue weighted by Crippen LogP contribution is 2.53. The van der Waals surface area contributed by atoms with Crippen LogP contribution >= 0.6 is 11.3 Å². The number of thiophene rings is 1. The van der Waals surface area contributed by atoms with Crippen molar-refractivity contribution in [3.63, 3.8) is 0 Å². The van der Waals surface area contributed by atoms with Crippen molar-refractivity contribution in [2.45, 2.75) is 45.6 Å². The summed E-state index contributed by atoms with van der Waals surface area (Å²) >= 11 is 2.00. The summed E-state index contributed by atoms with van der Waals surface area (Å²) in [5.74, 6) is 2.94. The van der Waals surface area contributed by atoms with Crippen LogP contribution in [-0.2, 0) is 0 Å². The number of fused-ring (bicyclic) bond motifs is 2. The lowest BCUT2D eigenvalue weighted by atomic mass is 9.82. The average Bonchev–Trinajstić information content (AvgIpc) is 2.98. The first-order valence-corrected chi connectivity index (χ1v) is 7.75. The monoisotopic (exact) mass is 249 g/mol. The zero-order chi connectivity index (χ0) is 12.0. The normalized spacial score (nSPS) is 33.2. The molecule has 2 aliphatic rings. The summed E-state index contributed by atoms with van der Waals surface area (Å²) < 4.78 is 0. The molecule has 1 heterocycles. The van der Waals surface area contributed by atoms with E-state index in [-0.39, 0.29) is 0 Å². The van der Waals surface area contributed by atoms with Gasteiger partial charge in [0.2, 0.25) is 0 Å². The van der Waals surface area contributed by atoms with Crippen molar-refractivity contribution in [2.24, 2.45) is 17.8 Å². The lowest BCUT2D eigenvalue weighted by Crippen LogP contribution is -2.28. The molecular formula is C15H23NS. The van der Waals surface area contributed by atoms with Gasteiger partial charge in [-0.25, -0.2) is 0 Å². The summed E-state index contributed by atoms with van der Waals surface area (Å²) in [6.07, 6.45) is 5.95. The number of nitrogens with one attached hydrogen (secondary N) is 1. The van der Waals surface area contributed by atoms with Gasteiger partial charge in [-0.15, -0.1) is 11.3 Å². The lowest BCUT2D eigenvalue weighted by Gasteiger charge is -2.29. The van der Waals surface area contributed by atoms with Crippen LogP contribution in [0.5, 0.6) is 0 Å². The Kier molecular flexibility index (Phi) is 3.04. The molecule has 2 bridgehead atoms. The molecule has 2 aliphatic carbocycles. The fourth-order valence-corrected chi connectivity index (χ4v) is 5.25. The molecule has 0 spiro atoms. The molecule has 1 aromatic heterocycles. The second-order valence-corrected chi connectivity index (χ2v) is 7.28. The molecule has 0 radical (unpaired) electrons. The highest BCUT2D eigenvalue weighted by Gasteiger charge is 2.43. The summed E-state index contributed by atoms with van der Waals surface area (Å²) in [6, 6.07) is 3.02. The molecule has 94 valence electrons. The van der Waals surface area contributed by atoms with Gasteiger partial charge in [-0.1, -0.05) is 6.42 Å². The molecule has 0 saturated heterocycles. The third-order valence-electron chi connectivity index (χ3n) is 5.02. The van der Waals surface area contributed by atoms with Crippen molar-refractivity contribution < 1.29 is 0 Å². The van der Waals surface area contributed by atoms with Gasteiger partial charge in [0.15, 0.2) is 0 Å². The molecule has 2 heteroatoms. The molecule has 2 saturated carbocycles. The maximum Gasteiger partial charge on any atom is 0.0443 e. The van der Waals surface area contributed by atoms with Crippen LogP contribution in [0.4, 0.5) is 0 Å². The molecule has 0 amide bonds. The number of aryl methyl sites for hydroxylation is 2.